The molecule has 134 valence electrons. The molecule has 0 radical (unpaired) electrons. The fourth-order valence-corrected chi connectivity index (χ4v) is 3.80. The molecule has 1 aromatic rings. The van der Waals surface area contributed by atoms with Crippen molar-refractivity contribution >= 4 is 15.9 Å². The summed E-state index contributed by atoms with van der Waals surface area (Å²) in [4.78, 5) is 14.4. The Morgan fingerprint density at radius 3 is 2.21 bits per heavy atom. The van der Waals surface area contributed by atoms with Crippen LogP contribution in [0.2, 0.25) is 0 Å². The lowest BCUT2D eigenvalue weighted by Crippen LogP contribution is -2.37. The summed E-state index contributed by atoms with van der Waals surface area (Å²) in [5, 5.41) is 0. The van der Waals surface area contributed by atoms with Gasteiger partial charge in [-0.25, -0.2) is 12.7 Å². The van der Waals surface area contributed by atoms with Gasteiger partial charge in [-0.05, 0) is 25.5 Å². The molecular weight excluding hydrogens is 332 g/mol. The zero-order valence-electron chi connectivity index (χ0n) is 14.3. The summed E-state index contributed by atoms with van der Waals surface area (Å²) in [5.41, 5.74) is 0.470. The number of rotatable bonds is 5. The average molecular weight is 356 g/mol. The number of ether oxygens (including phenoxy) is 2. The largest absolute Gasteiger partial charge is 0.497 e. The van der Waals surface area contributed by atoms with E-state index in [1.807, 2.05) is 0 Å². The maximum atomic E-state index is 12.8. The van der Waals surface area contributed by atoms with Crippen molar-refractivity contribution in [2.75, 3.05) is 46.2 Å². The van der Waals surface area contributed by atoms with E-state index in [2.05, 4.69) is 0 Å². The highest BCUT2D eigenvalue weighted by atomic mass is 32.2. The molecule has 1 aliphatic heterocycles. The molecule has 0 aromatic heterocycles. The first-order valence-electron chi connectivity index (χ1n) is 7.91. The summed E-state index contributed by atoms with van der Waals surface area (Å²) >= 11 is 0. The minimum Gasteiger partial charge on any atom is -0.497 e. The molecule has 8 heteroatoms. The van der Waals surface area contributed by atoms with Crippen molar-refractivity contribution in [3.8, 4) is 11.5 Å². The molecule has 2 rings (SSSR count). The molecule has 0 aliphatic carbocycles. The second-order valence-electron chi connectivity index (χ2n) is 5.55. The molecule has 1 heterocycles. The Balaban J connectivity index is 2.16. The summed E-state index contributed by atoms with van der Waals surface area (Å²) in [6.45, 7) is 3.29. The third-order valence-corrected chi connectivity index (χ3v) is 5.98. The predicted molar refractivity (Wildman–Crippen MR) is 91.1 cm³/mol. The lowest BCUT2D eigenvalue weighted by atomic mass is 10.1. The van der Waals surface area contributed by atoms with Gasteiger partial charge in [-0.3, -0.25) is 4.79 Å². The normalized spacial score (nSPS) is 16.5. The van der Waals surface area contributed by atoms with Crippen LogP contribution in [0.3, 0.4) is 0 Å². The lowest BCUT2D eigenvalue weighted by molar-refractivity contribution is 0.0763. The quantitative estimate of drug-likeness (QED) is 0.792. The zero-order chi connectivity index (χ0) is 17.7. The summed E-state index contributed by atoms with van der Waals surface area (Å²) in [7, 11) is -0.164. The van der Waals surface area contributed by atoms with Gasteiger partial charge in [-0.2, -0.15) is 0 Å². The van der Waals surface area contributed by atoms with Crippen LogP contribution >= 0.6 is 0 Å². The van der Waals surface area contributed by atoms with Crippen LogP contribution in [0.4, 0.5) is 0 Å². The van der Waals surface area contributed by atoms with Crippen molar-refractivity contribution in [3.05, 3.63) is 23.8 Å². The van der Waals surface area contributed by atoms with Gasteiger partial charge in [0.2, 0.25) is 10.0 Å². The van der Waals surface area contributed by atoms with Gasteiger partial charge in [-0.1, -0.05) is 0 Å². The number of nitrogens with zero attached hydrogens (tertiary/aromatic N) is 2. The topological polar surface area (TPSA) is 76.2 Å². The molecule has 1 saturated heterocycles. The molecule has 1 aromatic carbocycles. The standard InChI is InChI=1S/C16H24N2O5S/c1-4-24(20,21)18-7-5-6-17(8-9-18)16(19)13-10-14(22-2)12-15(11-13)23-3/h10-12H,4-9H2,1-3H3. The monoisotopic (exact) mass is 356 g/mol. The number of sulfonamides is 1. The van der Waals surface area contributed by atoms with Crippen LogP contribution in [0.15, 0.2) is 18.2 Å². The van der Waals surface area contributed by atoms with Crippen molar-refractivity contribution in [2.45, 2.75) is 13.3 Å². The van der Waals surface area contributed by atoms with Crippen LogP contribution in [-0.2, 0) is 10.0 Å². The fraction of sp³-hybridized carbons (Fsp3) is 0.562. The van der Waals surface area contributed by atoms with Gasteiger partial charge in [0.25, 0.3) is 5.91 Å². The molecule has 24 heavy (non-hydrogen) atoms. The number of carbonyl (C=O) groups is 1. The Kier molecular flexibility index (Phi) is 6.06. The molecule has 7 nitrogen and oxygen atoms in total. The van der Waals surface area contributed by atoms with Crippen LogP contribution < -0.4 is 9.47 Å². The minimum atomic E-state index is -3.22. The molecule has 1 aliphatic rings. The molecule has 1 fully saturated rings. The summed E-state index contributed by atoms with van der Waals surface area (Å²) in [5.74, 6) is 1.02. The van der Waals surface area contributed by atoms with E-state index in [9.17, 15) is 13.2 Å². The van der Waals surface area contributed by atoms with Crippen LogP contribution in [-0.4, -0.2) is 69.7 Å². The van der Waals surface area contributed by atoms with Gasteiger partial charge in [0.15, 0.2) is 0 Å². The van der Waals surface area contributed by atoms with E-state index in [0.717, 1.165) is 0 Å². The maximum absolute atomic E-state index is 12.8. The first-order chi connectivity index (χ1) is 11.4. The van der Waals surface area contributed by atoms with E-state index >= 15 is 0 Å². The first-order valence-corrected chi connectivity index (χ1v) is 9.52. The van der Waals surface area contributed by atoms with E-state index in [1.54, 1.807) is 30.0 Å². The SMILES string of the molecule is CCS(=O)(=O)N1CCCN(C(=O)c2cc(OC)cc(OC)c2)CC1. The van der Waals surface area contributed by atoms with Gasteiger partial charge in [0.1, 0.15) is 11.5 Å². The Labute approximate surface area is 143 Å². The number of amides is 1. The van der Waals surface area contributed by atoms with Gasteiger partial charge >= 0.3 is 0 Å². The van der Waals surface area contributed by atoms with Crippen molar-refractivity contribution in [1.29, 1.82) is 0 Å². The molecule has 0 unspecified atom stereocenters. The molecule has 0 spiro atoms. The molecule has 0 saturated carbocycles. The number of benzene rings is 1. The molecule has 0 N–H and O–H groups in total. The van der Waals surface area contributed by atoms with Crippen LogP contribution in [0.1, 0.15) is 23.7 Å². The number of hydrogen-bond acceptors (Lipinski definition) is 5. The van der Waals surface area contributed by atoms with Crippen molar-refractivity contribution in [2.24, 2.45) is 0 Å². The minimum absolute atomic E-state index is 0.0774. The van der Waals surface area contributed by atoms with Gasteiger partial charge in [0, 0.05) is 37.8 Å². The zero-order valence-corrected chi connectivity index (χ0v) is 15.1. The average Bonchev–Trinajstić information content (AvgIpc) is 2.87. The van der Waals surface area contributed by atoms with Gasteiger partial charge in [0.05, 0.1) is 20.0 Å². The summed E-state index contributed by atoms with van der Waals surface area (Å²) in [6, 6.07) is 5.03. The smallest absolute Gasteiger partial charge is 0.254 e. The first kappa shape index (κ1) is 18.5. The van der Waals surface area contributed by atoms with Crippen molar-refractivity contribution in [1.82, 2.24) is 9.21 Å². The predicted octanol–water partition coefficient (Wildman–Crippen LogP) is 1.20. The second kappa shape index (κ2) is 7.85. The molecule has 0 atom stereocenters. The maximum Gasteiger partial charge on any atom is 0.254 e. The van der Waals surface area contributed by atoms with Crippen LogP contribution in [0.25, 0.3) is 0 Å². The van der Waals surface area contributed by atoms with E-state index in [-0.39, 0.29) is 11.7 Å². The Bertz CT molecular complexity index is 667. The van der Waals surface area contributed by atoms with E-state index in [0.29, 0.717) is 49.7 Å². The van der Waals surface area contributed by atoms with E-state index in [1.165, 1.54) is 18.5 Å². The molecule has 0 bridgehead atoms. The third-order valence-electron chi connectivity index (χ3n) is 4.10. The summed E-state index contributed by atoms with van der Waals surface area (Å²) < 4.78 is 35.9. The third kappa shape index (κ3) is 4.18. The fourth-order valence-electron chi connectivity index (χ4n) is 2.67. The van der Waals surface area contributed by atoms with Gasteiger partial charge in [-0.15, -0.1) is 0 Å². The van der Waals surface area contributed by atoms with Gasteiger partial charge < -0.3 is 14.4 Å². The lowest BCUT2D eigenvalue weighted by Gasteiger charge is -2.22. The highest BCUT2D eigenvalue weighted by molar-refractivity contribution is 7.89. The highest BCUT2D eigenvalue weighted by Crippen LogP contribution is 2.24. The summed E-state index contributed by atoms with van der Waals surface area (Å²) in [6.07, 6.45) is 0.617. The van der Waals surface area contributed by atoms with Crippen molar-refractivity contribution in [3.63, 3.8) is 0 Å². The van der Waals surface area contributed by atoms with Crippen LogP contribution in [0, 0.1) is 0 Å². The molecular formula is C16H24N2O5S. The number of methoxy groups -OCH3 is 2. The number of hydrogen-bond donors (Lipinski definition) is 0. The Morgan fingerprint density at radius 2 is 1.67 bits per heavy atom. The highest BCUT2D eigenvalue weighted by Gasteiger charge is 2.26. The Hall–Kier alpha value is -1.80. The number of carbonyl (C=O) groups excluding carboxylic acids is 1. The second-order valence-corrected chi connectivity index (χ2v) is 7.80. The van der Waals surface area contributed by atoms with Crippen molar-refractivity contribution < 1.29 is 22.7 Å². The molecule has 1 amide bonds. The van der Waals surface area contributed by atoms with E-state index in [4.69, 9.17) is 9.47 Å². The van der Waals surface area contributed by atoms with Crippen LogP contribution in [0.5, 0.6) is 11.5 Å². The Morgan fingerprint density at radius 1 is 1.04 bits per heavy atom. The van der Waals surface area contributed by atoms with E-state index < -0.39 is 10.0 Å².